The minimum absolute atomic E-state index is 0.313. The van der Waals surface area contributed by atoms with E-state index in [4.69, 9.17) is 5.73 Å². The van der Waals surface area contributed by atoms with E-state index in [0.717, 1.165) is 17.8 Å². The summed E-state index contributed by atoms with van der Waals surface area (Å²) < 4.78 is 0. The lowest BCUT2D eigenvalue weighted by molar-refractivity contribution is -0.00279. The zero-order chi connectivity index (χ0) is 12.6. The molecule has 0 bridgehead atoms. The summed E-state index contributed by atoms with van der Waals surface area (Å²) in [6.45, 7) is 8.31. The Hall–Kier alpha value is 0.230. The molecule has 3 atom stereocenters. The van der Waals surface area contributed by atoms with Crippen molar-refractivity contribution in [2.24, 2.45) is 5.73 Å². The second-order valence-corrected chi connectivity index (χ2v) is 7.81. The minimum Gasteiger partial charge on any atom is -0.329 e. The average molecular weight is 269 g/mol. The Morgan fingerprint density at radius 1 is 1.28 bits per heavy atom. The average Bonchev–Trinajstić information content (AvgIpc) is 2.81. The molecule has 3 aliphatic rings. The quantitative estimate of drug-likeness (QED) is 0.821. The fourth-order valence-corrected chi connectivity index (χ4v) is 5.47. The number of hydrogen-bond acceptors (Lipinski definition) is 4. The topological polar surface area (TPSA) is 32.5 Å². The number of hydrogen-bond donors (Lipinski definition) is 1. The van der Waals surface area contributed by atoms with Crippen LogP contribution < -0.4 is 5.73 Å². The summed E-state index contributed by atoms with van der Waals surface area (Å²) >= 11 is 2.12. The number of thioether (sulfide) groups is 1. The van der Waals surface area contributed by atoms with E-state index in [1.807, 2.05) is 0 Å². The maximum atomic E-state index is 6.16. The molecule has 3 rings (SSSR count). The van der Waals surface area contributed by atoms with Gasteiger partial charge in [-0.3, -0.25) is 9.80 Å². The van der Waals surface area contributed by atoms with Crippen LogP contribution in [0, 0.1) is 0 Å². The highest BCUT2D eigenvalue weighted by Gasteiger charge is 2.44. The van der Waals surface area contributed by atoms with E-state index >= 15 is 0 Å². The molecule has 0 aromatic rings. The Bertz CT molecular complexity index is 299. The Balaban J connectivity index is 1.69. The van der Waals surface area contributed by atoms with Crippen LogP contribution in [-0.2, 0) is 0 Å². The van der Waals surface area contributed by atoms with Crippen LogP contribution in [0.2, 0.25) is 0 Å². The molecule has 0 saturated carbocycles. The predicted octanol–water partition coefficient (Wildman–Crippen LogP) is 1.38. The highest BCUT2D eigenvalue weighted by atomic mass is 32.2. The summed E-state index contributed by atoms with van der Waals surface area (Å²) in [5, 5.41) is 0.790. The van der Waals surface area contributed by atoms with Crippen LogP contribution in [0.5, 0.6) is 0 Å². The van der Waals surface area contributed by atoms with E-state index in [0.29, 0.717) is 5.54 Å². The van der Waals surface area contributed by atoms with E-state index in [-0.39, 0.29) is 0 Å². The van der Waals surface area contributed by atoms with Gasteiger partial charge in [-0.15, -0.1) is 0 Å². The third-order valence-corrected chi connectivity index (χ3v) is 6.63. The predicted molar refractivity (Wildman–Crippen MR) is 79.1 cm³/mol. The second kappa shape index (κ2) is 5.31. The second-order valence-electron chi connectivity index (χ2n) is 6.39. The van der Waals surface area contributed by atoms with Gasteiger partial charge in [0, 0.05) is 48.8 Å². The lowest BCUT2D eigenvalue weighted by Gasteiger charge is -2.50. The number of fused-ring (bicyclic) bond motifs is 1. The van der Waals surface area contributed by atoms with Gasteiger partial charge in [0.1, 0.15) is 0 Å². The van der Waals surface area contributed by atoms with E-state index in [1.165, 1.54) is 57.6 Å². The van der Waals surface area contributed by atoms with Crippen molar-refractivity contribution in [2.45, 2.75) is 49.4 Å². The van der Waals surface area contributed by atoms with Crippen molar-refractivity contribution in [2.75, 3.05) is 38.5 Å². The number of rotatable bonds is 2. The monoisotopic (exact) mass is 269 g/mol. The Morgan fingerprint density at radius 2 is 2.17 bits per heavy atom. The molecule has 3 heterocycles. The molecule has 0 amide bonds. The fourth-order valence-electron chi connectivity index (χ4n) is 4.03. The molecule has 4 heteroatoms. The summed E-state index contributed by atoms with van der Waals surface area (Å²) in [7, 11) is 0. The summed E-state index contributed by atoms with van der Waals surface area (Å²) in [4.78, 5) is 5.46. The number of piperidine rings is 1. The first-order valence-corrected chi connectivity index (χ1v) is 8.59. The highest BCUT2D eigenvalue weighted by Crippen LogP contribution is 2.39. The lowest BCUT2D eigenvalue weighted by atomic mass is 9.90. The molecule has 18 heavy (non-hydrogen) atoms. The summed E-state index contributed by atoms with van der Waals surface area (Å²) in [5.41, 5.74) is 6.47. The Morgan fingerprint density at radius 3 is 2.89 bits per heavy atom. The molecule has 0 radical (unpaired) electrons. The maximum absolute atomic E-state index is 6.16. The molecular weight excluding hydrogens is 242 g/mol. The standard InChI is InChI=1S/C14H27N3S/c1-12-8-14(10-15,11-18-12)17-7-6-16-5-3-2-4-13(16)9-17/h12-13H,2-11,15H2,1H3. The van der Waals surface area contributed by atoms with E-state index in [1.54, 1.807) is 0 Å². The van der Waals surface area contributed by atoms with Gasteiger partial charge < -0.3 is 5.73 Å². The van der Waals surface area contributed by atoms with E-state index < -0.39 is 0 Å². The van der Waals surface area contributed by atoms with Gasteiger partial charge in [0.25, 0.3) is 0 Å². The Kier molecular flexibility index (Phi) is 3.90. The van der Waals surface area contributed by atoms with Crippen LogP contribution >= 0.6 is 11.8 Å². The molecule has 104 valence electrons. The normalized spacial score (nSPS) is 43.0. The van der Waals surface area contributed by atoms with Gasteiger partial charge in [-0.1, -0.05) is 13.3 Å². The Labute approximate surface area is 115 Å². The first-order chi connectivity index (χ1) is 8.73. The number of nitrogens with zero attached hydrogens (tertiary/aromatic N) is 2. The van der Waals surface area contributed by atoms with Crippen LogP contribution in [0.1, 0.15) is 32.6 Å². The molecule has 0 spiro atoms. The number of nitrogens with two attached hydrogens (primary N) is 1. The maximum Gasteiger partial charge on any atom is 0.0433 e. The molecule has 3 saturated heterocycles. The molecule has 0 aliphatic carbocycles. The van der Waals surface area contributed by atoms with Crippen LogP contribution in [-0.4, -0.2) is 65.1 Å². The highest BCUT2D eigenvalue weighted by molar-refractivity contribution is 8.00. The van der Waals surface area contributed by atoms with Gasteiger partial charge in [0.15, 0.2) is 0 Å². The van der Waals surface area contributed by atoms with Crippen LogP contribution in [0.15, 0.2) is 0 Å². The van der Waals surface area contributed by atoms with Crippen molar-refractivity contribution in [1.29, 1.82) is 0 Å². The van der Waals surface area contributed by atoms with Crippen molar-refractivity contribution < 1.29 is 0 Å². The first-order valence-electron chi connectivity index (χ1n) is 7.54. The summed E-state index contributed by atoms with van der Waals surface area (Å²) in [6, 6.07) is 0.817. The van der Waals surface area contributed by atoms with Crippen molar-refractivity contribution >= 4 is 11.8 Å². The zero-order valence-electron chi connectivity index (χ0n) is 11.6. The van der Waals surface area contributed by atoms with Crippen molar-refractivity contribution in [3.63, 3.8) is 0 Å². The van der Waals surface area contributed by atoms with Gasteiger partial charge in [-0.05, 0) is 25.8 Å². The summed E-state index contributed by atoms with van der Waals surface area (Å²) in [5.74, 6) is 1.25. The third-order valence-electron chi connectivity index (χ3n) is 5.19. The lowest BCUT2D eigenvalue weighted by Crippen LogP contribution is -2.64. The molecule has 3 aliphatic heterocycles. The number of piperazine rings is 1. The SMILES string of the molecule is CC1CC(CN)(N2CCN3CCCCC3C2)CS1. The van der Waals surface area contributed by atoms with Gasteiger partial charge in [-0.2, -0.15) is 11.8 Å². The van der Waals surface area contributed by atoms with Crippen molar-refractivity contribution in [3.05, 3.63) is 0 Å². The largest absolute Gasteiger partial charge is 0.329 e. The van der Waals surface area contributed by atoms with E-state index in [2.05, 4.69) is 28.5 Å². The van der Waals surface area contributed by atoms with Gasteiger partial charge in [0.2, 0.25) is 0 Å². The smallest absolute Gasteiger partial charge is 0.0433 e. The molecule has 2 N–H and O–H groups in total. The van der Waals surface area contributed by atoms with Gasteiger partial charge in [-0.25, -0.2) is 0 Å². The van der Waals surface area contributed by atoms with Gasteiger partial charge in [0.05, 0.1) is 0 Å². The van der Waals surface area contributed by atoms with E-state index in [9.17, 15) is 0 Å². The molecule has 0 aromatic heterocycles. The zero-order valence-corrected chi connectivity index (χ0v) is 12.4. The molecule has 3 unspecified atom stereocenters. The first kappa shape index (κ1) is 13.2. The van der Waals surface area contributed by atoms with Crippen LogP contribution in [0.25, 0.3) is 0 Å². The molecule has 0 aromatic carbocycles. The fraction of sp³-hybridized carbons (Fsp3) is 1.00. The van der Waals surface area contributed by atoms with Crippen LogP contribution in [0.4, 0.5) is 0 Å². The van der Waals surface area contributed by atoms with Crippen LogP contribution in [0.3, 0.4) is 0 Å². The van der Waals surface area contributed by atoms with Crippen molar-refractivity contribution in [1.82, 2.24) is 9.80 Å². The van der Waals surface area contributed by atoms with Gasteiger partial charge >= 0.3 is 0 Å². The summed E-state index contributed by atoms with van der Waals surface area (Å²) in [6.07, 6.45) is 5.53. The van der Waals surface area contributed by atoms with Crippen molar-refractivity contribution in [3.8, 4) is 0 Å². The minimum atomic E-state index is 0.313. The molecule has 3 nitrogen and oxygen atoms in total. The molecule has 3 fully saturated rings. The third kappa shape index (κ3) is 2.33. The molecular formula is C14H27N3S.